The van der Waals surface area contributed by atoms with E-state index in [1.54, 1.807) is 12.1 Å². The second-order valence-electron chi connectivity index (χ2n) is 8.88. The molecule has 1 aliphatic carbocycles. The van der Waals surface area contributed by atoms with Crippen molar-refractivity contribution in [3.05, 3.63) is 59.3 Å². The first-order chi connectivity index (χ1) is 14.9. The van der Waals surface area contributed by atoms with Crippen LogP contribution in [0.2, 0.25) is 0 Å². The van der Waals surface area contributed by atoms with Crippen LogP contribution in [0.15, 0.2) is 42.5 Å². The molecule has 3 amide bonds. The lowest BCUT2D eigenvalue weighted by Gasteiger charge is -2.35. The molecule has 0 saturated carbocycles. The van der Waals surface area contributed by atoms with Crippen molar-refractivity contribution >= 4 is 17.8 Å². The number of amides is 3. The van der Waals surface area contributed by atoms with Crippen molar-refractivity contribution in [1.82, 2.24) is 20.4 Å². The SMILES string of the molecule is CC[C@@H](NC(=O)N1Cc2c(NC(=O)c3ccccc3)n[nH]c2C1(C)C)C1C=CCCC1. The minimum absolute atomic E-state index is 0.0826. The van der Waals surface area contributed by atoms with Crippen LogP contribution in [-0.2, 0) is 12.1 Å². The van der Waals surface area contributed by atoms with E-state index in [1.807, 2.05) is 36.9 Å². The average molecular weight is 422 g/mol. The van der Waals surface area contributed by atoms with E-state index in [4.69, 9.17) is 0 Å². The number of aromatic nitrogens is 2. The number of hydrogen-bond acceptors (Lipinski definition) is 3. The van der Waals surface area contributed by atoms with Crippen molar-refractivity contribution < 1.29 is 9.59 Å². The zero-order chi connectivity index (χ0) is 22.0. The molecule has 164 valence electrons. The zero-order valence-electron chi connectivity index (χ0n) is 18.4. The highest BCUT2D eigenvalue weighted by Crippen LogP contribution is 2.40. The molecule has 0 fully saturated rings. The first kappa shape index (κ1) is 21.2. The van der Waals surface area contributed by atoms with Crippen LogP contribution in [0.4, 0.5) is 10.6 Å². The molecule has 0 bridgehead atoms. The molecular formula is C24H31N5O2. The van der Waals surface area contributed by atoms with Gasteiger partial charge in [-0.1, -0.05) is 37.3 Å². The molecule has 2 aromatic rings. The lowest BCUT2D eigenvalue weighted by molar-refractivity contribution is 0.102. The van der Waals surface area contributed by atoms with Crippen molar-refractivity contribution in [2.75, 3.05) is 5.32 Å². The largest absolute Gasteiger partial charge is 0.335 e. The summed E-state index contributed by atoms with van der Waals surface area (Å²) >= 11 is 0. The molecule has 1 aliphatic heterocycles. The quantitative estimate of drug-likeness (QED) is 0.618. The predicted molar refractivity (Wildman–Crippen MR) is 121 cm³/mol. The fourth-order valence-electron chi connectivity index (χ4n) is 4.64. The number of benzene rings is 1. The molecule has 0 spiro atoms. The maximum atomic E-state index is 13.3. The van der Waals surface area contributed by atoms with E-state index in [0.717, 1.165) is 30.5 Å². The maximum Gasteiger partial charge on any atom is 0.318 e. The Morgan fingerprint density at radius 1 is 1.29 bits per heavy atom. The molecular weight excluding hydrogens is 390 g/mol. The Bertz CT molecular complexity index is 979. The van der Waals surface area contributed by atoms with Crippen LogP contribution in [0.25, 0.3) is 0 Å². The first-order valence-corrected chi connectivity index (χ1v) is 11.1. The van der Waals surface area contributed by atoms with E-state index in [1.165, 1.54) is 6.42 Å². The van der Waals surface area contributed by atoms with Gasteiger partial charge in [-0.2, -0.15) is 5.10 Å². The predicted octanol–water partition coefficient (Wildman–Crippen LogP) is 4.56. The lowest BCUT2D eigenvalue weighted by atomic mass is 9.88. The van der Waals surface area contributed by atoms with Crippen LogP contribution >= 0.6 is 0 Å². The van der Waals surface area contributed by atoms with Gasteiger partial charge < -0.3 is 15.5 Å². The van der Waals surface area contributed by atoms with Crippen molar-refractivity contribution in [1.29, 1.82) is 0 Å². The minimum Gasteiger partial charge on any atom is -0.335 e. The van der Waals surface area contributed by atoms with Gasteiger partial charge >= 0.3 is 6.03 Å². The molecule has 2 aliphatic rings. The molecule has 0 radical (unpaired) electrons. The number of allylic oxidation sites excluding steroid dienone is 1. The number of nitrogens with zero attached hydrogens (tertiary/aromatic N) is 2. The number of urea groups is 1. The summed E-state index contributed by atoms with van der Waals surface area (Å²) in [7, 11) is 0. The van der Waals surface area contributed by atoms with E-state index >= 15 is 0 Å². The van der Waals surface area contributed by atoms with Crippen LogP contribution in [-0.4, -0.2) is 33.1 Å². The second-order valence-corrected chi connectivity index (χ2v) is 8.88. The Balaban J connectivity index is 1.49. The highest BCUT2D eigenvalue weighted by Gasteiger charge is 2.44. The van der Waals surface area contributed by atoms with Crippen LogP contribution in [0.3, 0.4) is 0 Å². The van der Waals surface area contributed by atoms with Gasteiger partial charge in [0, 0.05) is 17.2 Å². The Morgan fingerprint density at radius 3 is 2.74 bits per heavy atom. The molecule has 1 unspecified atom stereocenters. The van der Waals surface area contributed by atoms with Crippen LogP contribution in [0.1, 0.15) is 68.1 Å². The summed E-state index contributed by atoms with van der Waals surface area (Å²) in [6.45, 7) is 6.51. The first-order valence-electron chi connectivity index (χ1n) is 11.1. The number of nitrogens with one attached hydrogen (secondary N) is 3. The zero-order valence-corrected chi connectivity index (χ0v) is 18.4. The summed E-state index contributed by atoms with van der Waals surface area (Å²) in [4.78, 5) is 27.7. The van der Waals surface area contributed by atoms with Crippen LogP contribution in [0.5, 0.6) is 0 Å². The Hall–Kier alpha value is -3.09. The van der Waals surface area contributed by atoms with Gasteiger partial charge in [0.15, 0.2) is 5.82 Å². The van der Waals surface area contributed by atoms with Gasteiger partial charge in [-0.05, 0) is 57.6 Å². The van der Waals surface area contributed by atoms with E-state index in [2.05, 4.69) is 39.9 Å². The number of fused-ring (bicyclic) bond motifs is 1. The van der Waals surface area contributed by atoms with Gasteiger partial charge in [-0.25, -0.2) is 4.79 Å². The lowest BCUT2D eigenvalue weighted by Crippen LogP contribution is -2.51. The number of carbonyl (C=O) groups excluding carboxylic acids is 2. The summed E-state index contributed by atoms with van der Waals surface area (Å²) in [6.07, 6.45) is 8.76. The van der Waals surface area contributed by atoms with Gasteiger partial charge in [0.1, 0.15) is 0 Å². The summed E-state index contributed by atoms with van der Waals surface area (Å²) in [5, 5.41) is 13.5. The van der Waals surface area contributed by atoms with Crippen molar-refractivity contribution in [3.8, 4) is 0 Å². The third kappa shape index (κ3) is 4.09. The van der Waals surface area contributed by atoms with Gasteiger partial charge in [0.25, 0.3) is 5.91 Å². The Labute approximate surface area is 183 Å². The maximum absolute atomic E-state index is 13.3. The summed E-state index contributed by atoms with van der Waals surface area (Å²) in [5.74, 6) is 0.647. The fourth-order valence-corrected chi connectivity index (χ4v) is 4.64. The molecule has 1 aromatic carbocycles. The Kier molecular flexibility index (Phi) is 5.85. The smallest absolute Gasteiger partial charge is 0.318 e. The number of aromatic amines is 1. The number of anilines is 1. The van der Waals surface area contributed by atoms with Gasteiger partial charge in [-0.3, -0.25) is 9.89 Å². The average Bonchev–Trinajstić information content (AvgIpc) is 3.31. The fraction of sp³-hybridized carbons (Fsp3) is 0.458. The summed E-state index contributed by atoms with van der Waals surface area (Å²) < 4.78 is 0. The topological polar surface area (TPSA) is 90.1 Å². The van der Waals surface area contributed by atoms with Gasteiger partial charge in [-0.15, -0.1) is 0 Å². The molecule has 4 rings (SSSR count). The highest BCUT2D eigenvalue weighted by atomic mass is 16.2. The molecule has 7 heteroatoms. The molecule has 2 atom stereocenters. The van der Waals surface area contributed by atoms with E-state index < -0.39 is 5.54 Å². The van der Waals surface area contributed by atoms with Gasteiger partial charge in [0.05, 0.1) is 17.8 Å². The number of carbonyl (C=O) groups is 2. The Morgan fingerprint density at radius 2 is 2.06 bits per heavy atom. The standard InChI is InChI=1S/C24H31N5O2/c1-4-19(16-11-7-5-8-12-16)25-23(31)29-15-18-20(24(29,2)3)27-28-21(18)26-22(30)17-13-9-6-10-14-17/h6-7,9-11,13-14,16,19H,4-5,8,12,15H2,1-3H3,(H,25,31)(H2,26,27,28,30)/t16?,19-/m1/s1. The molecule has 2 heterocycles. The molecule has 3 N–H and O–H groups in total. The second kappa shape index (κ2) is 8.57. The molecule has 1 aromatic heterocycles. The third-order valence-electron chi connectivity index (χ3n) is 6.54. The monoisotopic (exact) mass is 421 g/mol. The molecule has 31 heavy (non-hydrogen) atoms. The van der Waals surface area contributed by atoms with Crippen LogP contribution < -0.4 is 10.6 Å². The number of rotatable bonds is 5. The summed E-state index contributed by atoms with van der Waals surface area (Å²) in [5.41, 5.74) is 1.73. The normalized spacial score (nSPS) is 20.2. The minimum atomic E-state index is -0.553. The van der Waals surface area contributed by atoms with E-state index in [9.17, 15) is 9.59 Å². The summed E-state index contributed by atoms with van der Waals surface area (Å²) in [6, 6.07) is 9.08. The van der Waals surface area contributed by atoms with E-state index in [0.29, 0.717) is 23.8 Å². The van der Waals surface area contributed by atoms with Gasteiger partial charge in [0.2, 0.25) is 0 Å². The molecule has 7 nitrogen and oxygen atoms in total. The number of hydrogen-bond donors (Lipinski definition) is 3. The van der Waals surface area contributed by atoms with Crippen molar-refractivity contribution in [3.63, 3.8) is 0 Å². The van der Waals surface area contributed by atoms with Crippen molar-refractivity contribution in [2.45, 2.75) is 64.6 Å². The molecule has 0 saturated heterocycles. The highest BCUT2D eigenvalue weighted by molar-refractivity contribution is 6.04. The van der Waals surface area contributed by atoms with Crippen LogP contribution in [0, 0.1) is 5.92 Å². The van der Waals surface area contributed by atoms with E-state index in [-0.39, 0.29) is 18.0 Å². The van der Waals surface area contributed by atoms with Crippen molar-refractivity contribution in [2.24, 2.45) is 5.92 Å². The number of H-pyrrole nitrogens is 1. The third-order valence-corrected chi connectivity index (χ3v) is 6.54.